The maximum absolute atomic E-state index is 12.1. The highest BCUT2D eigenvalue weighted by molar-refractivity contribution is 5.81. The number of hydrogen-bond donors (Lipinski definition) is 2. The summed E-state index contributed by atoms with van der Waals surface area (Å²) in [6.45, 7) is 3.98. The number of aromatic nitrogens is 1. The van der Waals surface area contributed by atoms with Gasteiger partial charge in [0, 0.05) is 24.5 Å². The molecule has 4 nitrogen and oxygen atoms in total. The van der Waals surface area contributed by atoms with Gasteiger partial charge in [0.05, 0.1) is 6.04 Å². The molecule has 1 amide bonds. The Kier molecular flexibility index (Phi) is 4.91. The molecule has 0 aromatic carbocycles. The van der Waals surface area contributed by atoms with Crippen molar-refractivity contribution in [3.8, 4) is 0 Å². The highest BCUT2D eigenvalue weighted by Gasteiger charge is 2.21. The zero-order valence-corrected chi connectivity index (χ0v) is 11.7. The van der Waals surface area contributed by atoms with Gasteiger partial charge in [-0.2, -0.15) is 0 Å². The minimum atomic E-state index is -0.177. The Morgan fingerprint density at radius 3 is 2.53 bits per heavy atom. The summed E-state index contributed by atoms with van der Waals surface area (Å²) in [7, 11) is 0. The zero-order chi connectivity index (χ0) is 13.7. The number of hydrogen-bond acceptors (Lipinski definition) is 3. The van der Waals surface area contributed by atoms with E-state index >= 15 is 0 Å². The Labute approximate surface area is 115 Å². The third kappa shape index (κ3) is 4.03. The summed E-state index contributed by atoms with van der Waals surface area (Å²) >= 11 is 0. The molecule has 0 aliphatic heterocycles. The van der Waals surface area contributed by atoms with Crippen molar-refractivity contribution in [1.29, 1.82) is 0 Å². The minimum absolute atomic E-state index is 0.104. The van der Waals surface area contributed by atoms with Crippen molar-refractivity contribution in [2.75, 3.05) is 0 Å². The van der Waals surface area contributed by atoms with Crippen LogP contribution < -0.4 is 10.6 Å². The molecule has 1 heterocycles. The number of pyridine rings is 1. The summed E-state index contributed by atoms with van der Waals surface area (Å²) in [6.07, 6.45) is 8.27. The summed E-state index contributed by atoms with van der Waals surface area (Å²) in [5.41, 5.74) is 1.15. The van der Waals surface area contributed by atoms with Gasteiger partial charge >= 0.3 is 0 Å². The van der Waals surface area contributed by atoms with Crippen LogP contribution in [0.3, 0.4) is 0 Å². The molecule has 0 saturated heterocycles. The van der Waals surface area contributed by atoms with E-state index in [1.54, 1.807) is 12.4 Å². The number of nitrogens with zero attached hydrogens (tertiary/aromatic N) is 1. The van der Waals surface area contributed by atoms with Crippen LogP contribution in [0.2, 0.25) is 0 Å². The van der Waals surface area contributed by atoms with Gasteiger partial charge in [0.1, 0.15) is 0 Å². The molecule has 1 saturated carbocycles. The third-order valence-electron chi connectivity index (χ3n) is 3.80. The van der Waals surface area contributed by atoms with Gasteiger partial charge in [0.15, 0.2) is 0 Å². The first-order valence-electron chi connectivity index (χ1n) is 7.13. The van der Waals surface area contributed by atoms with Crippen LogP contribution in [-0.4, -0.2) is 23.0 Å². The summed E-state index contributed by atoms with van der Waals surface area (Å²) in [5, 5.41) is 6.45. The van der Waals surface area contributed by atoms with E-state index in [2.05, 4.69) is 22.5 Å². The Morgan fingerprint density at radius 2 is 1.89 bits per heavy atom. The van der Waals surface area contributed by atoms with Crippen LogP contribution in [0.25, 0.3) is 0 Å². The summed E-state index contributed by atoms with van der Waals surface area (Å²) in [4.78, 5) is 16.1. The van der Waals surface area contributed by atoms with Crippen molar-refractivity contribution in [3.63, 3.8) is 0 Å². The zero-order valence-electron chi connectivity index (χ0n) is 11.7. The second-order valence-corrected chi connectivity index (χ2v) is 5.38. The van der Waals surface area contributed by atoms with Crippen molar-refractivity contribution in [2.24, 2.45) is 0 Å². The van der Waals surface area contributed by atoms with Crippen molar-refractivity contribution in [3.05, 3.63) is 30.1 Å². The minimum Gasteiger partial charge on any atom is -0.352 e. The molecule has 1 aliphatic carbocycles. The SMILES string of the molecule is CC(NC(C)c1ccncc1)C(=O)NC1CCCC1. The number of carbonyl (C=O) groups excluding carboxylic acids is 1. The first kappa shape index (κ1) is 14.0. The van der Waals surface area contributed by atoms with Crippen molar-refractivity contribution in [2.45, 2.75) is 57.7 Å². The van der Waals surface area contributed by atoms with E-state index in [-0.39, 0.29) is 18.0 Å². The van der Waals surface area contributed by atoms with E-state index in [1.165, 1.54) is 12.8 Å². The van der Waals surface area contributed by atoms with Gasteiger partial charge < -0.3 is 5.32 Å². The summed E-state index contributed by atoms with van der Waals surface area (Å²) < 4.78 is 0. The third-order valence-corrected chi connectivity index (χ3v) is 3.80. The normalized spacial score (nSPS) is 19.1. The maximum atomic E-state index is 12.1. The summed E-state index contributed by atoms with van der Waals surface area (Å²) in [5.74, 6) is 0.104. The van der Waals surface area contributed by atoms with Gasteiger partial charge in [-0.1, -0.05) is 12.8 Å². The Bertz CT molecular complexity index is 401. The van der Waals surface area contributed by atoms with Crippen LogP contribution in [0, 0.1) is 0 Å². The fraction of sp³-hybridized carbons (Fsp3) is 0.600. The smallest absolute Gasteiger partial charge is 0.237 e. The second-order valence-electron chi connectivity index (χ2n) is 5.38. The summed E-state index contributed by atoms with van der Waals surface area (Å²) in [6, 6.07) is 4.29. The topological polar surface area (TPSA) is 54.0 Å². The molecule has 1 fully saturated rings. The lowest BCUT2D eigenvalue weighted by Gasteiger charge is -2.21. The fourth-order valence-corrected chi connectivity index (χ4v) is 2.60. The molecular weight excluding hydrogens is 238 g/mol. The highest BCUT2D eigenvalue weighted by Crippen LogP contribution is 2.18. The number of rotatable bonds is 5. The molecule has 1 aromatic heterocycles. The molecule has 0 radical (unpaired) electrons. The monoisotopic (exact) mass is 261 g/mol. The predicted octanol–water partition coefficient (Wildman–Crippen LogP) is 2.18. The van der Waals surface area contributed by atoms with Gasteiger partial charge in [0.2, 0.25) is 5.91 Å². The van der Waals surface area contributed by atoms with Crippen LogP contribution in [0.15, 0.2) is 24.5 Å². The van der Waals surface area contributed by atoms with Crippen molar-refractivity contribution < 1.29 is 4.79 Å². The quantitative estimate of drug-likeness (QED) is 0.854. The number of amides is 1. The van der Waals surface area contributed by atoms with E-state index in [4.69, 9.17) is 0 Å². The lowest BCUT2D eigenvalue weighted by atomic mass is 10.1. The Morgan fingerprint density at radius 1 is 1.26 bits per heavy atom. The first-order valence-corrected chi connectivity index (χ1v) is 7.13. The molecular formula is C15H23N3O. The molecule has 0 spiro atoms. The van der Waals surface area contributed by atoms with E-state index in [0.717, 1.165) is 18.4 Å². The lowest BCUT2D eigenvalue weighted by molar-refractivity contribution is -0.123. The lowest BCUT2D eigenvalue weighted by Crippen LogP contribution is -2.46. The molecule has 2 unspecified atom stereocenters. The van der Waals surface area contributed by atoms with Gasteiger partial charge in [0.25, 0.3) is 0 Å². The molecule has 2 N–H and O–H groups in total. The van der Waals surface area contributed by atoms with Crippen LogP contribution in [0.1, 0.15) is 51.1 Å². The van der Waals surface area contributed by atoms with Crippen LogP contribution in [0.5, 0.6) is 0 Å². The molecule has 2 rings (SSSR count). The van der Waals surface area contributed by atoms with E-state index in [1.807, 2.05) is 19.1 Å². The largest absolute Gasteiger partial charge is 0.352 e. The van der Waals surface area contributed by atoms with Gasteiger partial charge in [-0.3, -0.25) is 15.1 Å². The molecule has 1 aromatic rings. The predicted molar refractivity (Wildman–Crippen MR) is 75.6 cm³/mol. The fourth-order valence-electron chi connectivity index (χ4n) is 2.60. The molecule has 1 aliphatic rings. The van der Waals surface area contributed by atoms with E-state index in [9.17, 15) is 4.79 Å². The van der Waals surface area contributed by atoms with Crippen LogP contribution in [-0.2, 0) is 4.79 Å². The number of nitrogens with one attached hydrogen (secondary N) is 2. The molecule has 104 valence electrons. The standard InChI is InChI=1S/C15H23N3O/c1-11(13-7-9-16-10-8-13)17-12(2)15(19)18-14-5-3-4-6-14/h7-12,14,17H,3-6H2,1-2H3,(H,18,19). The van der Waals surface area contributed by atoms with Crippen LogP contribution in [0.4, 0.5) is 0 Å². The molecule has 2 atom stereocenters. The van der Waals surface area contributed by atoms with E-state index in [0.29, 0.717) is 6.04 Å². The second kappa shape index (κ2) is 6.66. The average molecular weight is 261 g/mol. The van der Waals surface area contributed by atoms with Gasteiger partial charge in [-0.05, 0) is 44.4 Å². The van der Waals surface area contributed by atoms with Crippen molar-refractivity contribution >= 4 is 5.91 Å². The average Bonchev–Trinajstić information content (AvgIpc) is 2.92. The van der Waals surface area contributed by atoms with Crippen LogP contribution >= 0.6 is 0 Å². The van der Waals surface area contributed by atoms with Gasteiger partial charge in [-0.15, -0.1) is 0 Å². The van der Waals surface area contributed by atoms with E-state index < -0.39 is 0 Å². The molecule has 19 heavy (non-hydrogen) atoms. The highest BCUT2D eigenvalue weighted by atomic mass is 16.2. The Hall–Kier alpha value is -1.42. The molecule has 0 bridgehead atoms. The first-order chi connectivity index (χ1) is 9.16. The van der Waals surface area contributed by atoms with Gasteiger partial charge in [-0.25, -0.2) is 0 Å². The molecule has 4 heteroatoms. The Balaban J connectivity index is 1.82. The number of carbonyl (C=O) groups is 1. The maximum Gasteiger partial charge on any atom is 0.237 e. The van der Waals surface area contributed by atoms with Crippen molar-refractivity contribution in [1.82, 2.24) is 15.6 Å².